The van der Waals surface area contributed by atoms with Crippen molar-refractivity contribution in [3.05, 3.63) is 83.2 Å². The van der Waals surface area contributed by atoms with E-state index in [1.165, 1.54) is 12.4 Å². The summed E-state index contributed by atoms with van der Waals surface area (Å²) in [6.45, 7) is 0.487. The minimum absolute atomic E-state index is 0.152. The Morgan fingerprint density at radius 2 is 1.85 bits per heavy atom. The summed E-state index contributed by atoms with van der Waals surface area (Å²) in [6, 6.07) is 16.3. The number of methoxy groups -OCH3 is 1. The number of carbonyl (C=O) groups excluding carboxylic acids is 1. The molecule has 0 atom stereocenters. The lowest BCUT2D eigenvalue weighted by Gasteiger charge is -2.06. The van der Waals surface area contributed by atoms with E-state index in [1.807, 2.05) is 12.1 Å². The number of nitrogens with zero attached hydrogens (tertiary/aromatic N) is 3. The number of aromatic nitrogens is 2. The Bertz CT molecular complexity index is 945. The summed E-state index contributed by atoms with van der Waals surface area (Å²) in [7, 11) is 1.58. The van der Waals surface area contributed by atoms with Gasteiger partial charge in [0.1, 0.15) is 5.75 Å². The number of anilines is 1. The Morgan fingerprint density at radius 1 is 1.12 bits per heavy atom. The first-order valence-corrected chi connectivity index (χ1v) is 7.93. The number of nitrogens with one attached hydrogen (secondary N) is 1. The highest BCUT2D eigenvalue weighted by Crippen LogP contribution is 2.15. The molecule has 1 aromatic heterocycles. The van der Waals surface area contributed by atoms with Gasteiger partial charge in [0.05, 0.1) is 24.3 Å². The van der Waals surface area contributed by atoms with Crippen molar-refractivity contribution in [3.63, 3.8) is 0 Å². The molecule has 6 heteroatoms. The molecule has 0 aliphatic rings. The van der Waals surface area contributed by atoms with Gasteiger partial charge in [0.2, 0.25) is 5.95 Å². The van der Waals surface area contributed by atoms with Gasteiger partial charge in [-0.05, 0) is 42.0 Å². The summed E-state index contributed by atoms with van der Waals surface area (Å²) < 4.78 is 5.09. The molecule has 26 heavy (non-hydrogen) atoms. The first kappa shape index (κ1) is 17.1. The van der Waals surface area contributed by atoms with Gasteiger partial charge in [-0.2, -0.15) is 5.26 Å². The van der Waals surface area contributed by atoms with Gasteiger partial charge < -0.3 is 10.1 Å². The third kappa shape index (κ3) is 4.02. The molecule has 0 spiro atoms. The van der Waals surface area contributed by atoms with Crippen molar-refractivity contribution in [3.8, 4) is 11.8 Å². The minimum atomic E-state index is -0.152. The van der Waals surface area contributed by atoms with E-state index in [9.17, 15) is 4.79 Å². The fraction of sp³-hybridized carbons (Fsp3) is 0.100. The molecule has 3 rings (SSSR count). The summed E-state index contributed by atoms with van der Waals surface area (Å²) >= 11 is 0. The third-order valence-corrected chi connectivity index (χ3v) is 3.77. The molecule has 6 nitrogen and oxygen atoms in total. The van der Waals surface area contributed by atoms with Crippen LogP contribution < -0.4 is 10.1 Å². The molecule has 1 N–H and O–H groups in total. The van der Waals surface area contributed by atoms with Crippen LogP contribution in [0.2, 0.25) is 0 Å². The topological polar surface area (TPSA) is 87.9 Å². The Kier molecular flexibility index (Phi) is 5.20. The van der Waals surface area contributed by atoms with E-state index in [0.29, 0.717) is 34.9 Å². The van der Waals surface area contributed by atoms with Crippen LogP contribution in [0.1, 0.15) is 27.0 Å². The molecule has 1 heterocycles. The van der Waals surface area contributed by atoms with E-state index in [-0.39, 0.29) is 5.78 Å². The molecule has 0 saturated heterocycles. The predicted molar refractivity (Wildman–Crippen MR) is 96.9 cm³/mol. The van der Waals surface area contributed by atoms with Crippen molar-refractivity contribution >= 4 is 11.7 Å². The second-order valence-corrected chi connectivity index (χ2v) is 5.52. The first-order chi connectivity index (χ1) is 12.7. The largest absolute Gasteiger partial charge is 0.497 e. The summed E-state index contributed by atoms with van der Waals surface area (Å²) in [5.74, 6) is 0.956. The van der Waals surface area contributed by atoms with Gasteiger partial charge in [-0.15, -0.1) is 0 Å². The number of nitriles is 1. The molecule has 2 aromatic carbocycles. The van der Waals surface area contributed by atoms with Gasteiger partial charge >= 0.3 is 0 Å². The average Bonchev–Trinajstić information content (AvgIpc) is 2.72. The standard InChI is InChI=1S/C20H16N4O2/c1-26-18-7-5-16(6-8-18)19(25)17-12-23-20(24-13-17)22-11-15-4-2-3-14(9-15)10-21/h2-9,12-13H,11H2,1H3,(H,22,23,24). The van der Waals surface area contributed by atoms with Crippen LogP contribution in [0, 0.1) is 11.3 Å². The number of rotatable bonds is 6. The summed E-state index contributed by atoms with van der Waals surface area (Å²) in [5, 5.41) is 12.0. The minimum Gasteiger partial charge on any atom is -0.497 e. The zero-order valence-electron chi connectivity index (χ0n) is 14.1. The lowest BCUT2D eigenvalue weighted by Crippen LogP contribution is -2.07. The van der Waals surface area contributed by atoms with Crippen LogP contribution in [0.25, 0.3) is 0 Å². The van der Waals surface area contributed by atoms with Gasteiger partial charge in [-0.3, -0.25) is 4.79 Å². The third-order valence-electron chi connectivity index (χ3n) is 3.77. The van der Waals surface area contributed by atoms with Gasteiger partial charge in [0, 0.05) is 24.5 Å². The average molecular weight is 344 g/mol. The monoisotopic (exact) mass is 344 g/mol. The van der Waals surface area contributed by atoms with E-state index in [4.69, 9.17) is 10.00 Å². The van der Waals surface area contributed by atoms with Crippen molar-refractivity contribution in [2.75, 3.05) is 12.4 Å². The van der Waals surface area contributed by atoms with Gasteiger partial charge in [0.15, 0.2) is 5.78 Å². The molecule has 0 fully saturated rings. The molecule has 128 valence electrons. The van der Waals surface area contributed by atoms with Crippen molar-refractivity contribution in [2.45, 2.75) is 6.54 Å². The van der Waals surface area contributed by atoms with Crippen LogP contribution in [0.3, 0.4) is 0 Å². The molecular weight excluding hydrogens is 328 g/mol. The van der Waals surface area contributed by atoms with Crippen LogP contribution >= 0.6 is 0 Å². The molecular formula is C20H16N4O2. The van der Waals surface area contributed by atoms with Crippen LogP contribution in [0.4, 0.5) is 5.95 Å². The van der Waals surface area contributed by atoms with Gasteiger partial charge in [-0.25, -0.2) is 9.97 Å². The number of hydrogen-bond acceptors (Lipinski definition) is 6. The Morgan fingerprint density at radius 3 is 2.50 bits per heavy atom. The smallest absolute Gasteiger partial charge is 0.222 e. The van der Waals surface area contributed by atoms with Gasteiger partial charge in [0.25, 0.3) is 0 Å². The first-order valence-electron chi connectivity index (χ1n) is 7.93. The van der Waals surface area contributed by atoms with Crippen molar-refractivity contribution < 1.29 is 9.53 Å². The lowest BCUT2D eigenvalue weighted by molar-refractivity contribution is 0.103. The Hall–Kier alpha value is -3.72. The zero-order chi connectivity index (χ0) is 18.4. The molecule has 0 amide bonds. The highest BCUT2D eigenvalue weighted by molar-refractivity contribution is 6.08. The Balaban J connectivity index is 1.65. The summed E-state index contributed by atoms with van der Waals surface area (Å²) in [5.41, 5.74) is 2.51. The molecule has 0 saturated carbocycles. The predicted octanol–water partition coefficient (Wildman–Crippen LogP) is 3.20. The number of ether oxygens (including phenoxy) is 1. The van der Waals surface area contributed by atoms with E-state index in [1.54, 1.807) is 43.5 Å². The van der Waals surface area contributed by atoms with E-state index in [2.05, 4.69) is 21.4 Å². The zero-order valence-corrected chi connectivity index (χ0v) is 14.1. The quantitative estimate of drug-likeness (QED) is 0.691. The normalized spacial score (nSPS) is 10.0. The summed E-state index contributed by atoms with van der Waals surface area (Å²) in [6.07, 6.45) is 2.99. The van der Waals surface area contributed by atoms with E-state index in [0.717, 1.165) is 5.56 Å². The fourth-order valence-corrected chi connectivity index (χ4v) is 2.38. The van der Waals surface area contributed by atoms with Crippen LogP contribution in [-0.4, -0.2) is 22.9 Å². The fourth-order valence-electron chi connectivity index (χ4n) is 2.38. The van der Waals surface area contributed by atoms with Gasteiger partial charge in [-0.1, -0.05) is 12.1 Å². The second-order valence-electron chi connectivity index (χ2n) is 5.52. The van der Waals surface area contributed by atoms with Crippen LogP contribution in [-0.2, 0) is 6.54 Å². The highest BCUT2D eigenvalue weighted by atomic mass is 16.5. The maximum absolute atomic E-state index is 12.4. The van der Waals surface area contributed by atoms with E-state index < -0.39 is 0 Å². The number of carbonyl (C=O) groups is 1. The maximum atomic E-state index is 12.4. The molecule has 0 aliphatic heterocycles. The molecule has 0 unspecified atom stereocenters. The van der Waals surface area contributed by atoms with Crippen molar-refractivity contribution in [2.24, 2.45) is 0 Å². The van der Waals surface area contributed by atoms with Crippen molar-refractivity contribution in [1.82, 2.24) is 9.97 Å². The van der Waals surface area contributed by atoms with E-state index >= 15 is 0 Å². The second kappa shape index (κ2) is 7.90. The number of benzene rings is 2. The Labute approximate surface area is 151 Å². The molecule has 0 radical (unpaired) electrons. The summed E-state index contributed by atoms with van der Waals surface area (Å²) in [4.78, 5) is 20.8. The molecule has 0 aliphatic carbocycles. The lowest BCUT2D eigenvalue weighted by atomic mass is 10.1. The van der Waals surface area contributed by atoms with Crippen LogP contribution in [0.15, 0.2) is 60.9 Å². The number of ketones is 1. The number of hydrogen-bond donors (Lipinski definition) is 1. The molecule has 3 aromatic rings. The maximum Gasteiger partial charge on any atom is 0.222 e. The van der Waals surface area contributed by atoms with Crippen molar-refractivity contribution in [1.29, 1.82) is 5.26 Å². The molecule has 0 bridgehead atoms. The highest BCUT2D eigenvalue weighted by Gasteiger charge is 2.10. The SMILES string of the molecule is COc1ccc(C(=O)c2cnc(NCc3cccc(C#N)c3)nc2)cc1. The van der Waals surface area contributed by atoms with Crippen LogP contribution in [0.5, 0.6) is 5.75 Å².